The van der Waals surface area contributed by atoms with Crippen molar-refractivity contribution < 1.29 is 34.1 Å². The van der Waals surface area contributed by atoms with Gasteiger partial charge in [-0.05, 0) is 12.8 Å². The summed E-state index contributed by atoms with van der Waals surface area (Å²) >= 11 is 0. The second-order valence-electron chi connectivity index (χ2n) is 13.0. The summed E-state index contributed by atoms with van der Waals surface area (Å²) in [7, 11) is 0. The van der Waals surface area contributed by atoms with E-state index in [4.69, 9.17) is 19.4 Å². The van der Waals surface area contributed by atoms with Crippen LogP contribution in [0.15, 0.2) is 0 Å². The van der Waals surface area contributed by atoms with Gasteiger partial charge in [0.05, 0.1) is 13.2 Å². The fourth-order valence-corrected chi connectivity index (χ4v) is 6.20. The van der Waals surface area contributed by atoms with E-state index in [2.05, 4.69) is 13.8 Å². The Balaban J connectivity index is 2.40. The van der Waals surface area contributed by atoms with Gasteiger partial charge in [0, 0.05) is 25.4 Å². The van der Waals surface area contributed by atoms with Crippen molar-refractivity contribution in [1.82, 2.24) is 5.48 Å². The predicted octanol–water partition coefficient (Wildman–Crippen LogP) is 8.59. The zero-order valence-electron chi connectivity index (χ0n) is 28.5. The van der Waals surface area contributed by atoms with Gasteiger partial charge in [-0.3, -0.25) is 14.8 Å². The highest BCUT2D eigenvalue weighted by Crippen LogP contribution is 2.29. The summed E-state index contributed by atoms with van der Waals surface area (Å²) in [5, 5.41) is 19.1. The lowest BCUT2D eigenvalue weighted by Crippen LogP contribution is -2.55. The van der Waals surface area contributed by atoms with Gasteiger partial charge in [-0.25, -0.2) is 5.48 Å². The minimum absolute atomic E-state index is 0.0521. The van der Waals surface area contributed by atoms with E-state index in [1.807, 2.05) is 0 Å². The van der Waals surface area contributed by atoms with Crippen LogP contribution in [0.1, 0.15) is 174 Å². The molecule has 1 rings (SSSR count). The average molecular weight is 628 g/mol. The van der Waals surface area contributed by atoms with Gasteiger partial charge in [-0.2, -0.15) is 0 Å². The number of unbranched alkanes of at least 4 members (excludes halogenated alkanes) is 21. The van der Waals surface area contributed by atoms with Crippen molar-refractivity contribution in [2.45, 2.75) is 193 Å². The van der Waals surface area contributed by atoms with Crippen LogP contribution in [0.25, 0.3) is 0 Å². The van der Waals surface area contributed by atoms with Gasteiger partial charge < -0.3 is 19.3 Å². The Bertz CT molecular complexity index is 677. The van der Waals surface area contributed by atoms with Crippen molar-refractivity contribution in [2.75, 3.05) is 19.8 Å². The summed E-state index contributed by atoms with van der Waals surface area (Å²) < 4.78 is 17.9. The van der Waals surface area contributed by atoms with E-state index in [1.165, 1.54) is 116 Å². The molecule has 4 atom stereocenters. The van der Waals surface area contributed by atoms with E-state index < -0.39 is 30.1 Å². The average Bonchev–Trinajstić information content (AvgIpc) is 3.03. The number of esters is 1. The van der Waals surface area contributed by atoms with Gasteiger partial charge >= 0.3 is 5.97 Å². The van der Waals surface area contributed by atoms with E-state index in [1.54, 1.807) is 5.48 Å². The summed E-state index contributed by atoms with van der Waals surface area (Å²) in [5.74, 6) is -1.33. The van der Waals surface area contributed by atoms with Gasteiger partial charge in [0.25, 0.3) is 0 Å². The van der Waals surface area contributed by atoms with Crippen molar-refractivity contribution in [1.29, 1.82) is 0 Å². The van der Waals surface area contributed by atoms with Crippen molar-refractivity contribution in [3.8, 4) is 0 Å². The van der Waals surface area contributed by atoms with Crippen LogP contribution in [0.2, 0.25) is 0 Å². The number of aliphatic hydroxyl groups excluding tert-OH is 1. The first kappa shape index (κ1) is 40.8. The Morgan fingerprint density at radius 2 is 1.14 bits per heavy atom. The van der Waals surface area contributed by atoms with E-state index in [-0.39, 0.29) is 25.6 Å². The number of amides is 1. The molecule has 0 saturated carbocycles. The molecule has 8 heteroatoms. The zero-order valence-corrected chi connectivity index (χ0v) is 28.5. The maximum atomic E-state index is 12.9. The smallest absolute Gasteiger partial charge is 0.306 e. The second-order valence-corrected chi connectivity index (χ2v) is 13.0. The molecule has 1 amide bonds. The number of carbonyl (C=O) groups is 2. The molecule has 0 spiro atoms. The normalized spacial score (nSPS) is 20.1. The molecule has 0 aliphatic carbocycles. The van der Waals surface area contributed by atoms with Crippen LogP contribution in [0, 0.1) is 5.92 Å². The Kier molecular flexibility index (Phi) is 27.1. The van der Waals surface area contributed by atoms with Crippen LogP contribution in [0.5, 0.6) is 0 Å². The lowest BCUT2D eigenvalue weighted by Gasteiger charge is -2.41. The topological polar surface area (TPSA) is 114 Å². The Morgan fingerprint density at radius 1 is 0.682 bits per heavy atom. The molecular formula is C36H69NO7. The number of aliphatic hydroxyl groups is 1. The van der Waals surface area contributed by atoms with Crippen molar-refractivity contribution in [3.63, 3.8) is 0 Å². The molecule has 0 aromatic heterocycles. The molecule has 44 heavy (non-hydrogen) atoms. The third-order valence-electron chi connectivity index (χ3n) is 8.99. The highest BCUT2D eigenvalue weighted by atomic mass is 16.6. The summed E-state index contributed by atoms with van der Waals surface area (Å²) in [6, 6.07) is 0. The number of nitrogens with one attached hydrogen (secondary N) is 1. The molecule has 260 valence electrons. The van der Waals surface area contributed by atoms with Crippen molar-refractivity contribution in [2.24, 2.45) is 5.92 Å². The SMILES string of the molecule is CCCCCCCCCCCCCCO[C@H]1[C@H](OC(=O)CCCCCCCCCCCCC)[C@@H](CC(=O)NO)CO[C@@H]1CO. The Morgan fingerprint density at radius 3 is 1.59 bits per heavy atom. The molecule has 1 heterocycles. The monoisotopic (exact) mass is 628 g/mol. The number of hydroxylamine groups is 1. The lowest BCUT2D eigenvalue weighted by atomic mass is 9.89. The summed E-state index contributed by atoms with van der Waals surface area (Å²) in [5.41, 5.74) is 1.67. The third-order valence-corrected chi connectivity index (χ3v) is 8.99. The van der Waals surface area contributed by atoms with Gasteiger partial charge in [0.2, 0.25) is 5.91 Å². The van der Waals surface area contributed by atoms with E-state index in [0.29, 0.717) is 13.0 Å². The molecule has 0 aromatic carbocycles. The van der Waals surface area contributed by atoms with Gasteiger partial charge in [-0.15, -0.1) is 0 Å². The minimum atomic E-state index is -0.712. The van der Waals surface area contributed by atoms with E-state index in [9.17, 15) is 14.7 Å². The number of ether oxygens (including phenoxy) is 3. The maximum absolute atomic E-state index is 12.9. The predicted molar refractivity (Wildman–Crippen MR) is 177 cm³/mol. The second kappa shape index (κ2) is 29.2. The van der Waals surface area contributed by atoms with Gasteiger partial charge in [0.15, 0.2) is 0 Å². The van der Waals surface area contributed by atoms with Gasteiger partial charge in [0.1, 0.15) is 18.3 Å². The largest absolute Gasteiger partial charge is 0.459 e. The van der Waals surface area contributed by atoms with Gasteiger partial charge in [-0.1, -0.05) is 149 Å². The molecule has 0 aromatic rings. The summed E-state index contributed by atoms with van der Waals surface area (Å²) in [6.07, 6.45) is 26.6. The number of hydrogen-bond acceptors (Lipinski definition) is 7. The third kappa shape index (κ3) is 20.7. The number of hydrogen-bond donors (Lipinski definition) is 3. The molecule has 1 aliphatic heterocycles. The van der Waals surface area contributed by atoms with E-state index in [0.717, 1.165) is 32.1 Å². The molecule has 1 aliphatic rings. The molecule has 0 unspecified atom stereocenters. The van der Waals surface area contributed by atoms with Crippen molar-refractivity contribution >= 4 is 11.9 Å². The minimum Gasteiger partial charge on any atom is -0.459 e. The van der Waals surface area contributed by atoms with Crippen LogP contribution in [-0.4, -0.2) is 60.3 Å². The van der Waals surface area contributed by atoms with Crippen LogP contribution in [-0.2, 0) is 23.8 Å². The van der Waals surface area contributed by atoms with E-state index >= 15 is 0 Å². The molecule has 1 fully saturated rings. The number of carbonyl (C=O) groups excluding carboxylic acids is 2. The fourth-order valence-electron chi connectivity index (χ4n) is 6.20. The van der Waals surface area contributed by atoms with Crippen LogP contribution in [0.3, 0.4) is 0 Å². The number of rotatable bonds is 30. The molecule has 0 bridgehead atoms. The maximum Gasteiger partial charge on any atom is 0.306 e. The molecule has 1 saturated heterocycles. The fraction of sp³-hybridized carbons (Fsp3) is 0.944. The summed E-state index contributed by atoms with van der Waals surface area (Å²) in [4.78, 5) is 24.9. The highest BCUT2D eigenvalue weighted by molar-refractivity contribution is 5.75. The first-order valence-corrected chi connectivity index (χ1v) is 18.5. The van der Waals surface area contributed by atoms with Crippen LogP contribution < -0.4 is 5.48 Å². The quantitative estimate of drug-likeness (QED) is 0.0316. The lowest BCUT2D eigenvalue weighted by molar-refractivity contribution is -0.213. The van der Waals surface area contributed by atoms with Crippen LogP contribution in [0.4, 0.5) is 0 Å². The molecule has 0 radical (unpaired) electrons. The first-order chi connectivity index (χ1) is 21.6. The first-order valence-electron chi connectivity index (χ1n) is 18.5. The Labute approximate surface area is 269 Å². The molecular weight excluding hydrogens is 558 g/mol. The summed E-state index contributed by atoms with van der Waals surface area (Å²) in [6.45, 7) is 4.87. The van der Waals surface area contributed by atoms with Crippen molar-refractivity contribution in [3.05, 3.63) is 0 Å². The standard InChI is InChI=1S/C36H69NO7/c1-3-5-7-9-11-13-15-17-19-21-23-25-27-42-36-32(29-38)43-30-31(28-33(39)37-41)35(36)44-34(40)26-24-22-20-18-16-14-12-10-8-6-4-2/h31-32,35-36,38,41H,3-30H2,1-2H3,(H,37,39)/t31-,32+,35+,36+/m0/s1. The highest BCUT2D eigenvalue weighted by Gasteiger charge is 2.44. The molecule has 8 nitrogen and oxygen atoms in total. The molecule has 3 N–H and O–H groups in total. The zero-order chi connectivity index (χ0) is 32.1. The Hall–Kier alpha value is -1.22. The van der Waals surface area contributed by atoms with Crippen LogP contribution >= 0.6 is 0 Å².